The molecule has 0 unspecified atom stereocenters. The van der Waals surface area contributed by atoms with Crippen molar-refractivity contribution in [1.82, 2.24) is 10.2 Å². The lowest BCUT2D eigenvalue weighted by Gasteiger charge is -2.24. The van der Waals surface area contributed by atoms with E-state index in [9.17, 15) is 4.79 Å². The molecular weight excluding hydrogens is 288 g/mol. The fourth-order valence-electron chi connectivity index (χ4n) is 4.82. The smallest absolute Gasteiger partial charge is 0.410 e. The number of carbonyl (C=O) groups is 1. The first-order valence-corrected chi connectivity index (χ1v) is 9.61. The molecule has 4 atom stereocenters. The van der Waals surface area contributed by atoms with E-state index in [1.807, 2.05) is 25.7 Å². The largest absolute Gasteiger partial charge is 0.444 e. The van der Waals surface area contributed by atoms with E-state index >= 15 is 0 Å². The highest BCUT2D eigenvalue weighted by molar-refractivity contribution is 5.68. The van der Waals surface area contributed by atoms with Gasteiger partial charge in [-0.05, 0) is 83.2 Å². The number of fused-ring (bicyclic) bond motifs is 2. The third-order valence-corrected chi connectivity index (χ3v) is 6.01. The summed E-state index contributed by atoms with van der Waals surface area (Å²) >= 11 is 0. The maximum Gasteiger partial charge on any atom is 0.410 e. The van der Waals surface area contributed by atoms with E-state index in [0.717, 1.165) is 36.8 Å². The molecule has 4 nitrogen and oxygen atoms in total. The van der Waals surface area contributed by atoms with Gasteiger partial charge in [-0.25, -0.2) is 4.79 Å². The van der Waals surface area contributed by atoms with Crippen molar-refractivity contribution >= 4 is 6.09 Å². The number of nitrogens with zero attached hydrogens (tertiary/aromatic N) is 1. The summed E-state index contributed by atoms with van der Waals surface area (Å²) < 4.78 is 5.37. The molecule has 4 aliphatic rings. The van der Waals surface area contributed by atoms with Crippen molar-refractivity contribution in [3.63, 3.8) is 0 Å². The highest BCUT2D eigenvalue weighted by atomic mass is 16.6. The molecule has 0 bridgehead atoms. The predicted octanol–water partition coefficient (Wildman–Crippen LogP) is 3.66. The summed E-state index contributed by atoms with van der Waals surface area (Å²) in [5, 5.41) is 3.42. The van der Waals surface area contributed by atoms with Gasteiger partial charge in [0, 0.05) is 13.1 Å². The zero-order valence-electron chi connectivity index (χ0n) is 15.1. The Hall–Kier alpha value is -0.770. The number of carbonyl (C=O) groups excluding carboxylic acids is 1. The molecule has 23 heavy (non-hydrogen) atoms. The zero-order chi connectivity index (χ0) is 16.4. The van der Waals surface area contributed by atoms with Gasteiger partial charge in [-0.2, -0.15) is 0 Å². The van der Waals surface area contributed by atoms with Crippen LogP contribution in [0.3, 0.4) is 0 Å². The van der Waals surface area contributed by atoms with E-state index in [1.165, 1.54) is 51.6 Å². The molecule has 2 saturated heterocycles. The van der Waals surface area contributed by atoms with Crippen LogP contribution in [0.25, 0.3) is 0 Å². The second-order valence-corrected chi connectivity index (χ2v) is 8.95. The Balaban J connectivity index is 0.000000162. The normalized spacial score (nSPS) is 35.5. The maximum absolute atomic E-state index is 11.8. The van der Waals surface area contributed by atoms with Crippen LogP contribution in [0.2, 0.25) is 0 Å². The lowest BCUT2D eigenvalue weighted by molar-refractivity contribution is 0.0280. The minimum atomic E-state index is -0.366. The minimum absolute atomic E-state index is 0.128. The van der Waals surface area contributed by atoms with Gasteiger partial charge in [0.15, 0.2) is 0 Å². The Morgan fingerprint density at radius 3 is 1.87 bits per heavy atom. The number of rotatable bonds is 0. The molecule has 2 saturated carbocycles. The van der Waals surface area contributed by atoms with Crippen LogP contribution in [-0.2, 0) is 4.74 Å². The number of ether oxygens (including phenoxy) is 1. The van der Waals surface area contributed by atoms with E-state index in [2.05, 4.69) is 5.32 Å². The zero-order valence-corrected chi connectivity index (χ0v) is 15.1. The van der Waals surface area contributed by atoms with Gasteiger partial charge in [-0.15, -0.1) is 0 Å². The molecule has 0 radical (unpaired) electrons. The highest BCUT2D eigenvalue weighted by Gasteiger charge is 2.39. The van der Waals surface area contributed by atoms with Crippen LogP contribution in [0.15, 0.2) is 0 Å². The summed E-state index contributed by atoms with van der Waals surface area (Å²) in [6.07, 6.45) is 8.30. The molecule has 2 heterocycles. The molecule has 2 aliphatic carbocycles. The van der Waals surface area contributed by atoms with Crippen molar-refractivity contribution in [2.75, 3.05) is 26.2 Å². The molecular formula is C19H34N2O2. The Kier molecular flexibility index (Phi) is 5.19. The lowest BCUT2D eigenvalue weighted by Crippen LogP contribution is -2.35. The Morgan fingerprint density at radius 2 is 1.39 bits per heavy atom. The van der Waals surface area contributed by atoms with Gasteiger partial charge >= 0.3 is 6.09 Å². The summed E-state index contributed by atoms with van der Waals surface area (Å²) in [6, 6.07) is 0. The van der Waals surface area contributed by atoms with Crippen molar-refractivity contribution < 1.29 is 9.53 Å². The summed E-state index contributed by atoms with van der Waals surface area (Å²) in [4.78, 5) is 13.7. The van der Waals surface area contributed by atoms with Gasteiger partial charge in [0.25, 0.3) is 0 Å². The standard InChI is InChI=1S/C12H21NO2.C7H13N/c1-12(2,3)15-11(14)13-7-9-5-4-6-10(9)8-13;1-2-6-4-8-5-7(6)3-1/h9-10H,4-8H2,1-3H3;6-8H,1-5H2/t9-,10+;6-,7+. The van der Waals surface area contributed by atoms with E-state index in [0.29, 0.717) is 0 Å². The quantitative estimate of drug-likeness (QED) is 0.740. The van der Waals surface area contributed by atoms with E-state index in [1.54, 1.807) is 0 Å². The summed E-state index contributed by atoms with van der Waals surface area (Å²) in [7, 11) is 0. The van der Waals surface area contributed by atoms with Crippen LogP contribution in [-0.4, -0.2) is 42.8 Å². The molecule has 0 spiro atoms. The second-order valence-electron chi connectivity index (χ2n) is 8.95. The number of hydrogen-bond donors (Lipinski definition) is 1. The number of amides is 1. The molecule has 0 aromatic carbocycles. The fraction of sp³-hybridized carbons (Fsp3) is 0.947. The Bertz CT molecular complexity index is 386. The van der Waals surface area contributed by atoms with Crippen LogP contribution in [0, 0.1) is 23.7 Å². The van der Waals surface area contributed by atoms with Crippen molar-refractivity contribution in [2.45, 2.75) is 64.9 Å². The van der Waals surface area contributed by atoms with Crippen LogP contribution in [0.4, 0.5) is 4.79 Å². The van der Waals surface area contributed by atoms with Crippen molar-refractivity contribution in [3.8, 4) is 0 Å². The maximum atomic E-state index is 11.8. The van der Waals surface area contributed by atoms with Gasteiger partial charge in [0.2, 0.25) is 0 Å². The number of hydrogen-bond acceptors (Lipinski definition) is 3. The average Bonchev–Trinajstić information content (AvgIpc) is 3.17. The van der Waals surface area contributed by atoms with E-state index in [-0.39, 0.29) is 11.7 Å². The monoisotopic (exact) mass is 322 g/mol. The summed E-state index contributed by atoms with van der Waals surface area (Å²) in [6.45, 7) is 10.2. The first-order valence-electron chi connectivity index (χ1n) is 9.61. The fourth-order valence-corrected chi connectivity index (χ4v) is 4.82. The molecule has 132 valence electrons. The van der Waals surface area contributed by atoms with E-state index < -0.39 is 0 Å². The van der Waals surface area contributed by atoms with Gasteiger partial charge in [-0.1, -0.05) is 12.8 Å². The molecule has 4 rings (SSSR count). The molecule has 1 amide bonds. The second kappa shape index (κ2) is 7.00. The molecule has 0 aromatic rings. The third kappa shape index (κ3) is 4.40. The first kappa shape index (κ1) is 17.1. The van der Waals surface area contributed by atoms with Crippen molar-refractivity contribution in [1.29, 1.82) is 0 Å². The minimum Gasteiger partial charge on any atom is -0.444 e. The van der Waals surface area contributed by atoms with Gasteiger partial charge in [-0.3, -0.25) is 0 Å². The Morgan fingerprint density at radius 1 is 0.913 bits per heavy atom. The summed E-state index contributed by atoms with van der Waals surface area (Å²) in [5.41, 5.74) is -0.366. The average molecular weight is 322 g/mol. The highest BCUT2D eigenvalue weighted by Crippen LogP contribution is 2.38. The Labute approximate surface area is 141 Å². The van der Waals surface area contributed by atoms with Gasteiger partial charge in [0.05, 0.1) is 0 Å². The van der Waals surface area contributed by atoms with Gasteiger partial charge in [0.1, 0.15) is 5.60 Å². The molecule has 4 heteroatoms. The third-order valence-electron chi connectivity index (χ3n) is 6.01. The van der Waals surface area contributed by atoms with Crippen LogP contribution in [0.1, 0.15) is 59.3 Å². The number of likely N-dealkylation sites (tertiary alicyclic amines) is 1. The van der Waals surface area contributed by atoms with Crippen LogP contribution < -0.4 is 5.32 Å². The molecule has 0 aromatic heterocycles. The molecule has 2 aliphatic heterocycles. The van der Waals surface area contributed by atoms with Crippen LogP contribution >= 0.6 is 0 Å². The van der Waals surface area contributed by atoms with Crippen molar-refractivity contribution in [3.05, 3.63) is 0 Å². The van der Waals surface area contributed by atoms with Crippen molar-refractivity contribution in [2.24, 2.45) is 23.7 Å². The lowest BCUT2D eigenvalue weighted by atomic mass is 10.0. The SMILES string of the molecule is C1C[C@@H]2CNC[C@@H]2C1.CC(C)(C)OC(=O)N1C[C@H]2CCC[C@H]2C1. The summed E-state index contributed by atoms with van der Waals surface area (Å²) in [5.74, 6) is 3.63. The topological polar surface area (TPSA) is 41.6 Å². The molecule has 1 N–H and O–H groups in total. The first-order chi connectivity index (χ1) is 10.9. The van der Waals surface area contributed by atoms with Crippen LogP contribution in [0.5, 0.6) is 0 Å². The predicted molar refractivity (Wildman–Crippen MR) is 92.3 cm³/mol. The van der Waals surface area contributed by atoms with Gasteiger partial charge < -0.3 is 15.0 Å². The van der Waals surface area contributed by atoms with E-state index in [4.69, 9.17) is 4.74 Å². The molecule has 4 fully saturated rings. The number of nitrogens with one attached hydrogen (secondary N) is 1.